The summed E-state index contributed by atoms with van der Waals surface area (Å²) in [5.41, 5.74) is 2.25. The molecule has 1 aliphatic rings. The van der Waals surface area contributed by atoms with Gasteiger partial charge in [0, 0.05) is 22.8 Å². The number of amides is 2. The maximum absolute atomic E-state index is 13.1. The lowest BCUT2D eigenvalue weighted by Crippen LogP contribution is -2.38. The fraction of sp³-hybridized carbons (Fsp3) is 0.240. The van der Waals surface area contributed by atoms with Crippen molar-refractivity contribution in [2.24, 2.45) is 0 Å². The van der Waals surface area contributed by atoms with E-state index in [4.69, 9.17) is 16.6 Å². The Morgan fingerprint density at radius 2 is 1.84 bits per heavy atom. The van der Waals surface area contributed by atoms with Crippen molar-refractivity contribution in [2.75, 3.05) is 16.8 Å². The second-order valence-corrected chi connectivity index (χ2v) is 8.76. The molecule has 2 heterocycles. The summed E-state index contributed by atoms with van der Waals surface area (Å²) in [6.07, 6.45) is 1.50. The van der Waals surface area contributed by atoms with Gasteiger partial charge in [-0.2, -0.15) is 0 Å². The standard InChI is InChI=1S/C25H23ClFN3O2/c1-25(2,24(32)28-19-10-8-18(27)9-11-19)22-13-12-21-20(29-22)7-4-14-30(21)23(31)16-5-3-6-17(26)15-16/h3,5-6,8-13,15H,4,7,14H2,1-2H3,(H,28,32). The van der Waals surface area contributed by atoms with Crippen molar-refractivity contribution in [1.82, 2.24) is 4.98 Å². The van der Waals surface area contributed by atoms with Crippen LogP contribution >= 0.6 is 11.6 Å². The smallest absolute Gasteiger partial charge is 0.258 e. The molecule has 7 heteroatoms. The first-order chi connectivity index (χ1) is 15.3. The molecule has 1 aliphatic heterocycles. The number of benzene rings is 2. The minimum atomic E-state index is -0.928. The van der Waals surface area contributed by atoms with E-state index in [0.717, 1.165) is 24.2 Å². The molecule has 1 aromatic heterocycles. The molecular weight excluding hydrogens is 429 g/mol. The van der Waals surface area contributed by atoms with Crippen LogP contribution in [-0.2, 0) is 16.6 Å². The van der Waals surface area contributed by atoms with E-state index < -0.39 is 5.41 Å². The van der Waals surface area contributed by atoms with Crippen molar-refractivity contribution in [1.29, 1.82) is 0 Å². The van der Waals surface area contributed by atoms with Gasteiger partial charge in [0.05, 0.1) is 22.5 Å². The molecule has 0 bridgehead atoms. The molecule has 0 saturated carbocycles. The predicted molar refractivity (Wildman–Crippen MR) is 124 cm³/mol. The lowest BCUT2D eigenvalue weighted by molar-refractivity contribution is -0.120. The first kappa shape index (κ1) is 22.0. The number of anilines is 2. The van der Waals surface area contributed by atoms with Crippen molar-refractivity contribution in [3.8, 4) is 0 Å². The second-order valence-electron chi connectivity index (χ2n) is 8.32. The molecule has 0 radical (unpaired) electrons. The zero-order chi connectivity index (χ0) is 22.9. The minimum absolute atomic E-state index is 0.128. The van der Waals surface area contributed by atoms with Gasteiger partial charge >= 0.3 is 0 Å². The zero-order valence-corrected chi connectivity index (χ0v) is 18.6. The highest BCUT2D eigenvalue weighted by Gasteiger charge is 2.33. The van der Waals surface area contributed by atoms with Crippen LogP contribution in [0.15, 0.2) is 60.7 Å². The molecule has 0 spiro atoms. The van der Waals surface area contributed by atoms with E-state index in [1.165, 1.54) is 24.3 Å². The number of aromatic nitrogens is 1. The van der Waals surface area contributed by atoms with Crippen LogP contribution < -0.4 is 10.2 Å². The molecule has 0 aliphatic carbocycles. The highest BCUT2D eigenvalue weighted by atomic mass is 35.5. The fourth-order valence-corrected chi connectivity index (χ4v) is 3.91. The molecule has 1 N–H and O–H groups in total. The number of carbonyl (C=O) groups is 2. The summed E-state index contributed by atoms with van der Waals surface area (Å²) < 4.78 is 13.1. The van der Waals surface area contributed by atoms with E-state index in [2.05, 4.69) is 5.32 Å². The van der Waals surface area contributed by atoms with Gasteiger partial charge in [-0.25, -0.2) is 4.39 Å². The largest absolute Gasteiger partial charge is 0.325 e. The molecule has 0 fully saturated rings. The molecular formula is C25H23ClFN3O2. The van der Waals surface area contributed by atoms with Crippen LogP contribution in [0.5, 0.6) is 0 Å². The average Bonchev–Trinajstić information content (AvgIpc) is 2.79. The molecule has 0 saturated heterocycles. The number of nitrogens with one attached hydrogen (secondary N) is 1. The van der Waals surface area contributed by atoms with Crippen LogP contribution in [0.1, 0.15) is 42.0 Å². The molecule has 0 atom stereocenters. The molecule has 4 rings (SSSR count). The van der Waals surface area contributed by atoms with E-state index >= 15 is 0 Å². The van der Waals surface area contributed by atoms with Crippen molar-refractivity contribution in [3.63, 3.8) is 0 Å². The van der Waals surface area contributed by atoms with Gasteiger partial charge in [-0.05, 0) is 81.3 Å². The average molecular weight is 452 g/mol. The number of aryl methyl sites for hydroxylation is 1. The number of rotatable bonds is 4. The summed E-state index contributed by atoms with van der Waals surface area (Å²) in [5.74, 6) is -0.744. The normalized spacial score (nSPS) is 13.4. The van der Waals surface area contributed by atoms with Gasteiger partial charge in [-0.15, -0.1) is 0 Å². The maximum Gasteiger partial charge on any atom is 0.258 e. The van der Waals surface area contributed by atoms with Gasteiger partial charge in [-0.3, -0.25) is 14.6 Å². The SMILES string of the molecule is CC(C)(C(=O)Nc1ccc(F)cc1)c1ccc2c(n1)CCCN2C(=O)c1cccc(Cl)c1. The molecule has 2 amide bonds. The third-order valence-corrected chi connectivity index (χ3v) is 5.90. The van der Waals surface area contributed by atoms with E-state index in [1.54, 1.807) is 49.1 Å². The molecule has 0 unspecified atom stereocenters. The van der Waals surface area contributed by atoms with Crippen molar-refractivity contribution in [3.05, 3.63) is 88.5 Å². The predicted octanol–water partition coefficient (Wildman–Crippen LogP) is 5.38. The summed E-state index contributed by atoms with van der Waals surface area (Å²) in [6, 6.07) is 16.1. The Bertz CT molecular complexity index is 1180. The number of halogens is 2. The van der Waals surface area contributed by atoms with Gasteiger partial charge in [0.25, 0.3) is 5.91 Å². The lowest BCUT2D eigenvalue weighted by Gasteiger charge is -2.31. The monoisotopic (exact) mass is 451 g/mol. The first-order valence-electron chi connectivity index (χ1n) is 10.4. The molecule has 5 nitrogen and oxygen atoms in total. The number of carbonyl (C=O) groups excluding carboxylic acids is 2. The van der Waals surface area contributed by atoms with Gasteiger partial charge in [-0.1, -0.05) is 17.7 Å². The van der Waals surface area contributed by atoms with Gasteiger partial charge in [0.15, 0.2) is 0 Å². The number of nitrogens with zero attached hydrogens (tertiary/aromatic N) is 2. The Kier molecular flexibility index (Phi) is 5.98. The summed E-state index contributed by atoms with van der Waals surface area (Å²) >= 11 is 6.05. The molecule has 164 valence electrons. The summed E-state index contributed by atoms with van der Waals surface area (Å²) in [6.45, 7) is 4.17. The quantitative estimate of drug-likeness (QED) is 0.579. The van der Waals surface area contributed by atoms with Gasteiger partial charge in [0.2, 0.25) is 5.91 Å². The molecule has 2 aromatic carbocycles. The van der Waals surface area contributed by atoms with E-state index in [9.17, 15) is 14.0 Å². The van der Waals surface area contributed by atoms with Crippen LogP contribution in [0.25, 0.3) is 0 Å². The van der Waals surface area contributed by atoms with Crippen LogP contribution in [0.3, 0.4) is 0 Å². The Hall–Kier alpha value is -3.25. The fourth-order valence-electron chi connectivity index (χ4n) is 3.72. The van der Waals surface area contributed by atoms with E-state index in [0.29, 0.717) is 28.5 Å². The van der Waals surface area contributed by atoms with Gasteiger partial charge in [0.1, 0.15) is 5.82 Å². The number of hydrogen-bond acceptors (Lipinski definition) is 3. The Labute approximate surface area is 191 Å². The summed E-state index contributed by atoms with van der Waals surface area (Å²) in [7, 11) is 0. The van der Waals surface area contributed by atoms with Gasteiger partial charge < -0.3 is 10.2 Å². The van der Waals surface area contributed by atoms with Crippen molar-refractivity contribution < 1.29 is 14.0 Å². The third kappa shape index (κ3) is 4.36. The topological polar surface area (TPSA) is 62.3 Å². The highest BCUT2D eigenvalue weighted by molar-refractivity contribution is 6.31. The van der Waals surface area contributed by atoms with Crippen LogP contribution in [-0.4, -0.2) is 23.3 Å². The maximum atomic E-state index is 13.1. The molecule has 3 aromatic rings. The number of hydrogen-bond donors (Lipinski definition) is 1. The number of fused-ring (bicyclic) bond motifs is 1. The summed E-state index contributed by atoms with van der Waals surface area (Å²) in [5, 5.41) is 3.33. The van der Waals surface area contributed by atoms with Crippen LogP contribution in [0.4, 0.5) is 15.8 Å². The van der Waals surface area contributed by atoms with Crippen molar-refractivity contribution >= 4 is 34.8 Å². The number of pyridine rings is 1. The van der Waals surface area contributed by atoms with Crippen LogP contribution in [0.2, 0.25) is 5.02 Å². The van der Waals surface area contributed by atoms with E-state index in [-0.39, 0.29) is 17.6 Å². The van der Waals surface area contributed by atoms with Crippen molar-refractivity contribution in [2.45, 2.75) is 32.1 Å². The zero-order valence-electron chi connectivity index (χ0n) is 17.9. The third-order valence-electron chi connectivity index (χ3n) is 5.66. The summed E-state index contributed by atoms with van der Waals surface area (Å²) in [4.78, 5) is 32.5. The Morgan fingerprint density at radius 1 is 1.09 bits per heavy atom. The highest BCUT2D eigenvalue weighted by Crippen LogP contribution is 2.32. The first-order valence-corrected chi connectivity index (χ1v) is 10.8. The Morgan fingerprint density at radius 3 is 2.56 bits per heavy atom. The van der Waals surface area contributed by atoms with Crippen LogP contribution in [0, 0.1) is 5.82 Å². The lowest BCUT2D eigenvalue weighted by atomic mass is 9.86. The van der Waals surface area contributed by atoms with E-state index in [1.807, 2.05) is 6.07 Å². The Balaban J connectivity index is 1.59. The molecule has 32 heavy (non-hydrogen) atoms. The minimum Gasteiger partial charge on any atom is -0.325 e. The second kappa shape index (κ2) is 8.71.